The largest absolute Gasteiger partial charge is 0.406 e. The van der Waals surface area contributed by atoms with Gasteiger partial charge in [0, 0.05) is 30.9 Å². The smallest absolute Gasteiger partial charge is 0.382 e. The number of ether oxygens (including phenoxy) is 1. The van der Waals surface area contributed by atoms with Crippen LogP contribution >= 0.6 is 0 Å². The Morgan fingerprint density at radius 3 is 2.57 bits per heavy atom. The maximum Gasteiger partial charge on any atom is 0.406 e. The molecular formula is C24H28F3N9O. The Morgan fingerprint density at radius 2 is 1.89 bits per heavy atom. The molecule has 2 fully saturated rings. The molecule has 3 N–H and O–H groups in total. The number of nitrogen functional groups attached to an aromatic ring is 1. The second-order valence-electron chi connectivity index (χ2n) is 10.1. The predicted molar refractivity (Wildman–Crippen MR) is 132 cm³/mol. The highest BCUT2D eigenvalue weighted by Gasteiger charge is 2.40. The number of halogens is 3. The molecule has 2 aliphatic rings. The molecule has 0 saturated carbocycles. The van der Waals surface area contributed by atoms with Gasteiger partial charge in [0.2, 0.25) is 5.95 Å². The van der Waals surface area contributed by atoms with E-state index < -0.39 is 12.7 Å². The standard InChI is InChI=1S/C24H28F3N9O/c1-14-29-18-4-3-17(31-21(18)35(14)11-24(25,26)27)16-7-10-36-19(16)20(28)32-22(33-36)30-15-5-8-34(9-6-15)23(2)12-37-13-23/h3-4,7,10,15H,5-6,8-9,11-13H2,1-2H3,(H3,28,30,32,33). The van der Waals surface area contributed by atoms with Gasteiger partial charge in [-0.2, -0.15) is 18.2 Å². The summed E-state index contributed by atoms with van der Waals surface area (Å²) < 4.78 is 47.5. The lowest BCUT2D eigenvalue weighted by Crippen LogP contribution is -2.62. The van der Waals surface area contributed by atoms with Gasteiger partial charge >= 0.3 is 6.18 Å². The molecule has 196 valence electrons. The number of imidazole rings is 1. The molecular weight excluding hydrogens is 487 g/mol. The van der Waals surface area contributed by atoms with Gasteiger partial charge in [-0.1, -0.05) is 0 Å². The van der Waals surface area contributed by atoms with Gasteiger partial charge < -0.3 is 20.4 Å². The minimum atomic E-state index is -4.39. The Morgan fingerprint density at radius 1 is 1.14 bits per heavy atom. The van der Waals surface area contributed by atoms with E-state index in [9.17, 15) is 13.2 Å². The monoisotopic (exact) mass is 515 g/mol. The molecule has 0 unspecified atom stereocenters. The molecule has 0 radical (unpaired) electrons. The molecule has 2 saturated heterocycles. The Bertz CT molecular complexity index is 1470. The summed E-state index contributed by atoms with van der Waals surface area (Å²) >= 11 is 0. The first-order valence-corrected chi connectivity index (χ1v) is 12.2. The first kappa shape index (κ1) is 23.9. The van der Waals surface area contributed by atoms with Gasteiger partial charge in [0.05, 0.1) is 24.4 Å². The van der Waals surface area contributed by atoms with Crippen LogP contribution in [0.15, 0.2) is 24.4 Å². The number of pyridine rings is 1. The fraction of sp³-hybridized carbons (Fsp3) is 0.500. The van der Waals surface area contributed by atoms with Crippen LogP contribution in [0.4, 0.5) is 24.9 Å². The third-order valence-electron chi connectivity index (χ3n) is 7.35. The maximum absolute atomic E-state index is 13.1. The Labute approximate surface area is 210 Å². The highest BCUT2D eigenvalue weighted by atomic mass is 19.4. The maximum atomic E-state index is 13.1. The average Bonchev–Trinajstić information content (AvgIpc) is 3.38. The van der Waals surface area contributed by atoms with Crippen LogP contribution in [0.1, 0.15) is 25.6 Å². The number of aromatic nitrogens is 6. The van der Waals surface area contributed by atoms with Gasteiger partial charge in [-0.3, -0.25) is 4.90 Å². The van der Waals surface area contributed by atoms with Crippen molar-refractivity contribution in [1.29, 1.82) is 0 Å². The van der Waals surface area contributed by atoms with Crippen molar-refractivity contribution < 1.29 is 17.9 Å². The van der Waals surface area contributed by atoms with E-state index in [4.69, 9.17) is 10.5 Å². The molecule has 0 spiro atoms. The van der Waals surface area contributed by atoms with E-state index in [-0.39, 0.29) is 28.9 Å². The van der Waals surface area contributed by atoms with Crippen molar-refractivity contribution >= 4 is 28.4 Å². The number of likely N-dealkylation sites (tertiary alicyclic amines) is 1. The summed E-state index contributed by atoms with van der Waals surface area (Å²) in [6, 6.07) is 5.40. The topological polar surface area (TPSA) is 111 Å². The molecule has 6 heterocycles. The first-order chi connectivity index (χ1) is 17.6. The summed E-state index contributed by atoms with van der Waals surface area (Å²) in [5.41, 5.74) is 8.70. The second-order valence-corrected chi connectivity index (χ2v) is 10.1. The molecule has 0 aliphatic carbocycles. The number of fused-ring (bicyclic) bond motifs is 2. The molecule has 4 aromatic heterocycles. The van der Waals surface area contributed by atoms with Crippen LogP contribution in [0.3, 0.4) is 0 Å². The summed E-state index contributed by atoms with van der Waals surface area (Å²) in [6.07, 6.45) is -0.718. The number of hydrogen-bond acceptors (Lipinski definition) is 8. The molecule has 4 aromatic rings. The minimum Gasteiger partial charge on any atom is -0.382 e. The number of alkyl halides is 3. The van der Waals surface area contributed by atoms with Crippen molar-refractivity contribution in [1.82, 2.24) is 34.0 Å². The van der Waals surface area contributed by atoms with Gasteiger partial charge in [0.15, 0.2) is 11.5 Å². The molecule has 2 aliphatic heterocycles. The third kappa shape index (κ3) is 4.35. The molecule has 0 atom stereocenters. The normalized spacial score (nSPS) is 18.9. The Kier molecular flexibility index (Phi) is 5.53. The van der Waals surface area contributed by atoms with Gasteiger partial charge in [-0.15, -0.1) is 5.10 Å². The lowest BCUT2D eigenvalue weighted by Gasteiger charge is -2.49. The van der Waals surface area contributed by atoms with E-state index in [1.807, 2.05) is 0 Å². The van der Waals surface area contributed by atoms with E-state index in [1.165, 1.54) is 6.92 Å². The minimum absolute atomic E-state index is 0.145. The van der Waals surface area contributed by atoms with Crippen LogP contribution in [0.25, 0.3) is 27.9 Å². The van der Waals surface area contributed by atoms with Crippen LogP contribution in [0.2, 0.25) is 0 Å². The molecule has 10 nitrogen and oxygen atoms in total. The van der Waals surface area contributed by atoms with Gasteiger partial charge in [-0.05, 0) is 44.9 Å². The van der Waals surface area contributed by atoms with Crippen molar-refractivity contribution in [2.75, 3.05) is 37.4 Å². The van der Waals surface area contributed by atoms with E-state index in [1.54, 1.807) is 28.9 Å². The van der Waals surface area contributed by atoms with Crippen LogP contribution in [-0.4, -0.2) is 78.1 Å². The zero-order valence-corrected chi connectivity index (χ0v) is 20.6. The van der Waals surface area contributed by atoms with Crippen molar-refractivity contribution in [2.45, 2.75) is 51.0 Å². The molecule has 37 heavy (non-hydrogen) atoms. The lowest BCUT2D eigenvalue weighted by atomic mass is 9.93. The quantitative estimate of drug-likeness (QED) is 0.417. The van der Waals surface area contributed by atoms with Crippen LogP contribution in [0, 0.1) is 6.92 Å². The van der Waals surface area contributed by atoms with E-state index >= 15 is 0 Å². The first-order valence-electron chi connectivity index (χ1n) is 12.2. The van der Waals surface area contributed by atoms with E-state index in [0.717, 1.165) is 43.7 Å². The Hall–Kier alpha value is -3.45. The summed E-state index contributed by atoms with van der Waals surface area (Å²) in [5, 5.41) is 8.00. The number of anilines is 2. The van der Waals surface area contributed by atoms with Crippen molar-refractivity contribution in [2.24, 2.45) is 0 Å². The highest BCUT2D eigenvalue weighted by Crippen LogP contribution is 2.31. The van der Waals surface area contributed by atoms with Crippen LogP contribution in [0.5, 0.6) is 0 Å². The number of rotatable bonds is 5. The Balaban J connectivity index is 1.25. The highest BCUT2D eigenvalue weighted by molar-refractivity contribution is 5.88. The fourth-order valence-electron chi connectivity index (χ4n) is 5.28. The molecule has 6 rings (SSSR count). The molecule has 13 heteroatoms. The lowest BCUT2D eigenvalue weighted by molar-refractivity contribution is -0.140. The van der Waals surface area contributed by atoms with E-state index in [0.29, 0.717) is 28.2 Å². The van der Waals surface area contributed by atoms with Gasteiger partial charge in [0.25, 0.3) is 0 Å². The van der Waals surface area contributed by atoms with Crippen molar-refractivity contribution in [3.05, 3.63) is 30.2 Å². The average molecular weight is 516 g/mol. The molecule has 0 amide bonds. The van der Waals surface area contributed by atoms with Gasteiger partial charge in [0.1, 0.15) is 23.4 Å². The predicted octanol–water partition coefficient (Wildman–Crippen LogP) is 3.26. The number of nitrogens with two attached hydrogens (primary N) is 1. The number of aryl methyl sites for hydroxylation is 1. The van der Waals surface area contributed by atoms with E-state index in [2.05, 4.69) is 37.2 Å². The SMILES string of the molecule is Cc1nc2ccc(-c3ccn4nc(NC5CCN(C6(C)COC6)CC5)nc(N)c34)nc2n1CC(F)(F)F. The number of piperidine rings is 1. The third-order valence-corrected chi connectivity index (χ3v) is 7.35. The van der Waals surface area contributed by atoms with Crippen LogP contribution < -0.4 is 11.1 Å². The fourth-order valence-corrected chi connectivity index (χ4v) is 5.28. The molecule has 0 aromatic carbocycles. The van der Waals surface area contributed by atoms with Crippen LogP contribution in [-0.2, 0) is 11.3 Å². The summed E-state index contributed by atoms with van der Waals surface area (Å²) in [6.45, 7) is 6.13. The van der Waals surface area contributed by atoms with Crippen molar-refractivity contribution in [3.8, 4) is 11.3 Å². The summed E-state index contributed by atoms with van der Waals surface area (Å²) in [5.74, 6) is 0.945. The summed E-state index contributed by atoms with van der Waals surface area (Å²) in [7, 11) is 0. The zero-order chi connectivity index (χ0) is 25.9. The number of hydrogen-bond donors (Lipinski definition) is 2. The number of nitrogens with one attached hydrogen (secondary N) is 1. The molecule has 0 bridgehead atoms. The second kappa shape index (κ2) is 8.55. The van der Waals surface area contributed by atoms with Crippen molar-refractivity contribution in [3.63, 3.8) is 0 Å². The van der Waals surface area contributed by atoms with Gasteiger partial charge in [-0.25, -0.2) is 14.5 Å². The summed E-state index contributed by atoms with van der Waals surface area (Å²) in [4.78, 5) is 15.7. The number of nitrogens with zero attached hydrogens (tertiary/aromatic N) is 7. The zero-order valence-electron chi connectivity index (χ0n) is 20.6.